The van der Waals surface area contributed by atoms with Crippen LogP contribution in [-0.4, -0.2) is 33.7 Å². The number of ether oxygens (including phenoxy) is 1. The first kappa shape index (κ1) is 21.6. The summed E-state index contributed by atoms with van der Waals surface area (Å²) >= 11 is 0. The van der Waals surface area contributed by atoms with E-state index in [2.05, 4.69) is 29.6 Å². The van der Waals surface area contributed by atoms with Crippen molar-refractivity contribution < 1.29 is 14.3 Å². The summed E-state index contributed by atoms with van der Waals surface area (Å²) in [6, 6.07) is 9.79. The second-order valence-electron chi connectivity index (χ2n) is 9.20. The molecule has 2 heterocycles. The largest absolute Gasteiger partial charge is 0.370 e. The number of hydrogen-bond donors (Lipinski definition) is 2. The van der Waals surface area contributed by atoms with Gasteiger partial charge < -0.3 is 15.4 Å². The Kier molecular flexibility index (Phi) is 6.14. The van der Waals surface area contributed by atoms with Crippen LogP contribution in [0.5, 0.6) is 0 Å². The lowest BCUT2D eigenvalue weighted by molar-refractivity contribution is -0.123. The van der Waals surface area contributed by atoms with Gasteiger partial charge in [-0.1, -0.05) is 26.0 Å². The molecular weight excluding hydrogens is 392 g/mol. The summed E-state index contributed by atoms with van der Waals surface area (Å²) in [6.07, 6.45) is 3.90. The Hall–Kier alpha value is -2.67. The standard InChI is InChI=1S/C24H32N4O3/c1-14(2)22-11-19(25-15(3)29)12-23(31-22)17-7-9-18(10-8-17)26-24(30)21-13-20(16-5-6-16)27-28(21)4/h7-10,13-14,16,19,22-23H,5-6,11-12H2,1-4H3,(H,25,29)(H,26,30)/t19-,22-,23+/m1/s1. The van der Waals surface area contributed by atoms with E-state index in [9.17, 15) is 9.59 Å². The van der Waals surface area contributed by atoms with Crippen molar-refractivity contribution in [1.82, 2.24) is 15.1 Å². The number of aromatic nitrogens is 2. The van der Waals surface area contributed by atoms with Crippen molar-refractivity contribution >= 4 is 17.5 Å². The Morgan fingerprint density at radius 3 is 2.48 bits per heavy atom. The van der Waals surface area contributed by atoms with Gasteiger partial charge in [0.2, 0.25) is 5.91 Å². The van der Waals surface area contributed by atoms with Gasteiger partial charge in [0.1, 0.15) is 5.69 Å². The van der Waals surface area contributed by atoms with Gasteiger partial charge in [-0.15, -0.1) is 0 Å². The quantitative estimate of drug-likeness (QED) is 0.736. The molecule has 2 amide bonds. The van der Waals surface area contributed by atoms with Crippen LogP contribution in [0.4, 0.5) is 5.69 Å². The predicted molar refractivity (Wildman–Crippen MR) is 119 cm³/mol. The molecule has 1 saturated heterocycles. The van der Waals surface area contributed by atoms with E-state index in [0.717, 1.165) is 42.6 Å². The number of carbonyl (C=O) groups excluding carboxylic acids is 2. The third-order valence-corrected chi connectivity index (χ3v) is 6.17. The maximum absolute atomic E-state index is 12.7. The molecule has 0 unspecified atom stereocenters. The van der Waals surface area contributed by atoms with Crippen LogP contribution in [0.15, 0.2) is 30.3 Å². The number of aryl methyl sites for hydroxylation is 1. The van der Waals surface area contributed by atoms with E-state index in [1.54, 1.807) is 18.7 Å². The Bertz CT molecular complexity index is 946. The summed E-state index contributed by atoms with van der Waals surface area (Å²) in [6.45, 7) is 5.84. The average molecular weight is 425 g/mol. The van der Waals surface area contributed by atoms with Crippen LogP contribution in [0.1, 0.15) is 80.2 Å². The predicted octanol–water partition coefficient (Wildman–Crippen LogP) is 3.93. The van der Waals surface area contributed by atoms with Crippen molar-refractivity contribution in [3.05, 3.63) is 47.3 Å². The van der Waals surface area contributed by atoms with Gasteiger partial charge in [0, 0.05) is 31.6 Å². The lowest BCUT2D eigenvalue weighted by atomic mass is 9.90. The Balaban J connectivity index is 1.43. The molecule has 1 aromatic heterocycles. The Morgan fingerprint density at radius 2 is 1.87 bits per heavy atom. The van der Waals surface area contributed by atoms with Crippen molar-refractivity contribution in [2.45, 2.75) is 70.6 Å². The summed E-state index contributed by atoms with van der Waals surface area (Å²) < 4.78 is 7.99. The molecule has 0 spiro atoms. The Labute approximate surface area is 183 Å². The smallest absolute Gasteiger partial charge is 0.273 e. The van der Waals surface area contributed by atoms with Gasteiger partial charge in [-0.05, 0) is 55.4 Å². The minimum atomic E-state index is -0.158. The van der Waals surface area contributed by atoms with Gasteiger partial charge >= 0.3 is 0 Å². The second kappa shape index (κ2) is 8.83. The van der Waals surface area contributed by atoms with Crippen LogP contribution < -0.4 is 10.6 Å². The number of nitrogens with zero attached hydrogens (tertiary/aromatic N) is 2. The van der Waals surface area contributed by atoms with Crippen LogP contribution in [-0.2, 0) is 16.6 Å². The molecule has 7 nitrogen and oxygen atoms in total. The van der Waals surface area contributed by atoms with Gasteiger partial charge in [-0.25, -0.2) is 0 Å². The zero-order valence-electron chi connectivity index (χ0n) is 18.7. The minimum absolute atomic E-state index is 0.00813. The van der Waals surface area contributed by atoms with Crippen LogP contribution in [0, 0.1) is 5.92 Å². The summed E-state index contributed by atoms with van der Waals surface area (Å²) in [4.78, 5) is 24.3. The minimum Gasteiger partial charge on any atom is -0.370 e. The van der Waals surface area contributed by atoms with Crippen LogP contribution >= 0.6 is 0 Å². The van der Waals surface area contributed by atoms with Crippen molar-refractivity contribution in [2.24, 2.45) is 13.0 Å². The van der Waals surface area contributed by atoms with Gasteiger partial charge in [-0.3, -0.25) is 14.3 Å². The van der Waals surface area contributed by atoms with Gasteiger partial charge in [-0.2, -0.15) is 5.10 Å². The highest BCUT2D eigenvalue weighted by atomic mass is 16.5. The molecule has 3 atom stereocenters. The SMILES string of the molecule is CC(=O)N[C@H]1C[C@@H](c2ccc(NC(=O)c3cc(C4CC4)nn3C)cc2)O[C@@H](C(C)C)C1. The van der Waals surface area contributed by atoms with Crippen molar-refractivity contribution in [3.63, 3.8) is 0 Å². The number of rotatable bonds is 6. The van der Waals surface area contributed by atoms with Crippen molar-refractivity contribution in [3.8, 4) is 0 Å². The fourth-order valence-electron chi connectivity index (χ4n) is 4.26. The molecular formula is C24H32N4O3. The fraction of sp³-hybridized carbons (Fsp3) is 0.542. The lowest BCUT2D eigenvalue weighted by Crippen LogP contribution is -2.43. The van der Waals surface area contributed by atoms with E-state index < -0.39 is 0 Å². The summed E-state index contributed by atoms with van der Waals surface area (Å²) in [5, 5.41) is 10.5. The van der Waals surface area contributed by atoms with Gasteiger partial charge in [0.25, 0.3) is 5.91 Å². The molecule has 0 bridgehead atoms. The maximum atomic E-state index is 12.7. The van der Waals surface area contributed by atoms with E-state index >= 15 is 0 Å². The van der Waals surface area contributed by atoms with E-state index in [4.69, 9.17) is 4.74 Å². The zero-order valence-corrected chi connectivity index (χ0v) is 18.7. The molecule has 1 aliphatic heterocycles. The highest BCUT2D eigenvalue weighted by Gasteiger charge is 2.32. The first-order valence-electron chi connectivity index (χ1n) is 11.2. The van der Waals surface area contributed by atoms with Crippen molar-refractivity contribution in [1.29, 1.82) is 0 Å². The maximum Gasteiger partial charge on any atom is 0.273 e. The Morgan fingerprint density at radius 1 is 1.16 bits per heavy atom. The molecule has 2 aromatic rings. The van der Waals surface area contributed by atoms with E-state index in [0.29, 0.717) is 17.5 Å². The van der Waals surface area contributed by atoms with E-state index in [1.165, 1.54) is 0 Å². The average Bonchev–Trinajstić information content (AvgIpc) is 3.49. The molecule has 1 aromatic carbocycles. The number of carbonyl (C=O) groups is 2. The number of amides is 2. The highest BCUT2D eigenvalue weighted by Crippen LogP contribution is 2.39. The molecule has 2 fully saturated rings. The first-order chi connectivity index (χ1) is 14.8. The molecule has 4 rings (SSSR count). The monoisotopic (exact) mass is 424 g/mol. The number of nitrogens with one attached hydrogen (secondary N) is 2. The highest BCUT2D eigenvalue weighted by molar-refractivity contribution is 6.03. The second-order valence-corrected chi connectivity index (χ2v) is 9.20. The molecule has 2 N–H and O–H groups in total. The van der Waals surface area contributed by atoms with Crippen LogP contribution in [0.25, 0.3) is 0 Å². The van der Waals surface area contributed by atoms with Crippen LogP contribution in [0.3, 0.4) is 0 Å². The van der Waals surface area contributed by atoms with Crippen molar-refractivity contribution in [2.75, 3.05) is 5.32 Å². The molecule has 2 aliphatic rings. The van der Waals surface area contributed by atoms with Gasteiger partial charge in [0.15, 0.2) is 0 Å². The number of benzene rings is 1. The summed E-state index contributed by atoms with van der Waals surface area (Å²) in [5.41, 5.74) is 3.36. The zero-order chi connectivity index (χ0) is 22.1. The third kappa shape index (κ3) is 5.15. The molecule has 1 saturated carbocycles. The molecule has 7 heteroatoms. The summed E-state index contributed by atoms with van der Waals surface area (Å²) in [7, 11) is 1.81. The first-order valence-corrected chi connectivity index (χ1v) is 11.2. The molecule has 0 radical (unpaired) electrons. The molecule has 1 aliphatic carbocycles. The van der Waals surface area contributed by atoms with E-state index in [-0.39, 0.29) is 30.1 Å². The van der Waals surface area contributed by atoms with Gasteiger partial charge in [0.05, 0.1) is 17.9 Å². The lowest BCUT2D eigenvalue weighted by Gasteiger charge is -2.37. The topological polar surface area (TPSA) is 85.3 Å². The summed E-state index contributed by atoms with van der Waals surface area (Å²) in [5.74, 6) is 0.718. The normalized spacial score (nSPS) is 23.6. The fourth-order valence-corrected chi connectivity index (χ4v) is 4.26. The number of hydrogen-bond acceptors (Lipinski definition) is 4. The van der Waals surface area contributed by atoms with Crippen LogP contribution in [0.2, 0.25) is 0 Å². The third-order valence-electron chi connectivity index (χ3n) is 6.17. The van der Waals surface area contributed by atoms with E-state index in [1.807, 2.05) is 30.3 Å². The number of anilines is 1. The molecule has 166 valence electrons. The molecule has 31 heavy (non-hydrogen) atoms.